The molecule has 1 heteroatoms. The second-order valence-corrected chi connectivity index (χ2v) is 6.08. The monoisotopic (exact) mass is 294 g/mol. The molecule has 0 N–H and O–H groups in total. The molecule has 0 aromatic rings. The Hall–Kier alpha value is -0.560. The number of unbranched alkanes of at least 4 members (excludes halogenated alkanes) is 10. The first kappa shape index (κ1) is 20.4. The zero-order valence-corrected chi connectivity index (χ0v) is 14.5. The van der Waals surface area contributed by atoms with Crippen LogP contribution in [0.2, 0.25) is 0 Å². The molecule has 124 valence electrons. The molecule has 0 aliphatic carbocycles. The number of epoxide rings is 1. The highest BCUT2D eigenvalue weighted by Gasteiger charge is 2.20. The van der Waals surface area contributed by atoms with E-state index in [1.54, 1.807) is 0 Å². The summed E-state index contributed by atoms with van der Waals surface area (Å²) in [5.41, 5.74) is 0. The molecule has 1 saturated heterocycles. The average molecular weight is 295 g/mol. The quantitative estimate of drug-likeness (QED) is 0.194. The minimum atomic E-state index is 0.637. The molecular formula is C20H38O. The molecule has 0 spiro atoms. The van der Waals surface area contributed by atoms with Crippen LogP contribution in [0, 0.1) is 0 Å². The molecule has 1 atom stereocenters. The Labute approximate surface area is 133 Å². The van der Waals surface area contributed by atoms with E-state index >= 15 is 0 Å². The van der Waals surface area contributed by atoms with Crippen LogP contribution in [0.1, 0.15) is 90.4 Å². The zero-order chi connectivity index (χ0) is 15.6. The first-order valence-corrected chi connectivity index (χ1v) is 9.18. The van der Waals surface area contributed by atoms with Crippen LogP contribution in [0.4, 0.5) is 0 Å². The SMILES string of the molecule is C=CCCCCCCC.C=CCCCCCCCC1CO1. The van der Waals surface area contributed by atoms with Crippen LogP contribution < -0.4 is 0 Å². The molecule has 1 rings (SSSR count). The normalized spacial score (nSPS) is 16.0. The van der Waals surface area contributed by atoms with Gasteiger partial charge in [0.1, 0.15) is 0 Å². The molecule has 1 fully saturated rings. The molecule has 0 aromatic carbocycles. The van der Waals surface area contributed by atoms with Crippen molar-refractivity contribution in [2.24, 2.45) is 0 Å². The van der Waals surface area contributed by atoms with Gasteiger partial charge in [-0.1, -0.05) is 70.4 Å². The van der Waals surface area contributed by atoms with Crippen LogP contribution in [-0.4, -0.2) is 12.7 Å². The number of rotatable bonds is 14. The second-order valence-electron chi connectivity index (χ2n) is 6.08. The van der Waals surface area contributed by atoms with Gasteiger partial charge < -0.3 is 4.74 Å². The molecule has 1 aliphatic rings. The minimum absolute atomic E-state index is 0.637. The highest BCUT2D eigenvalue weighted by molar-refractivity contribution is 4.68. The van der Waals surface area contributed by atoms with E-state index in [0.29, 0.717) is 6.10 Å². The molecule has 0 aromatic heterocycles. The van der Waals surface area contributed by atoms with Gasteiger partial charge in [-0.2, -0.15) is 0 Å². The number of ether oxygens (including phenoxy) is 1. The molecule has 0 radical (unpaired) electrons. The second kappa shape index (κ2) is 17.5. The van der Waals surface area contributed by atoms with Gasteiger partial charge in [0.05, 0.1) is 12.7 Å². The maximum Gasteiger partial charge on any atom is 0.0810 e. The zero-order valence-electron chi connectivity index (χ0n) is 14.5. The van der Waals surface area contributed by atoms with Gasteiger partial charge in [0.15, 0.2) is 0 Å². The molecule has 0 bridgehead atoms. The molecule has 1 aliphatic heterocycles. The number of hydrogen-bond donors (Lipinski definition) is 0. The summed E-state index contributed by atoms with van der Waals surface area (Å²) >= 11 is 0. The predicted octanol–water partition coefficient (Wildman–Crippen LogP) is 6.83. The topological polar surface area (TPSA) is 12.5 Å². The van der Waals surface area contributed by atoms with Crippen molar-refractivity contribution in [3.05, 3.63) is 25.3 Å². The summed E-state index contributed by atoms with van der Waals surface area (Å²) in [6, 6.07) is 0. The summed E-state index contributed by atoms with van der Waals surface area (Å²) in [6.45, 7) is 10.7. The fourth-order valence-electron chi connectivity index (χ4n) is 2.32. The van der Waals surface area contributed by atoms with Gasteiger partial charge in [0.2, 0.25) is 0 Å². The standard InChI is InChI=1S/C11H20O.C9H18/c1-2-3-4-5-6-7-8-9-11-10-12-11;1-3-5-7-9-8-6-4-2/h2,11H,1,3-10H2;3H,1,4-9H2,2H3. The van der Waals surface area contributed by atoms with E-state index in [0.717, 1.165) is 6.61 Å². The molecule has 1 unspecified atom stereocenters. The van der Waals surface area contributed by atoms with Crippen LogP contribution >= 0.6 is 0 Å². The van der Waals surface area contributed by atoms with Gasteiger partial charge >= 0.3 is 0 Å². The smallest absolute Gasteiger partial charge is 0.0810 e. The Bertz CT molecular complexity index is 218. The van der Waals surface area contributed by atoms with Crippen molar-refractivity contribution < 1.29 is 4.74 Å². The first-order valence-electron chi connectivity index (χ1n) is 9.18. The van der Waals surface area contributed by atoms with Crippen molar-refractivity contribution in [2.45, 2.75) is 96.5 Å². The molecular weight excluding hydrogens is 256 g/mol. The average Bonchev–Trinajstić information content (AvgIpc) is 3.31. The maximum absolute atomic E-state index is 5.14. The van der Waals surface area contributed by atoms with E-state index in [9.17, 15) is 0 Å². The fourth-order valence-corrected chi connectivity index (χ4v) is 2.32. The van der Waals surface area contributed by atoms with Crippen LogP contribution in [0.25, 0.3) is 0 Å². The van der Waals surface area contributed by atoms with Crippen molar-refractivity contribution >= 4 is 0 Å². The van der Waals surface area contributed by atoms with E-state index in [1.165, 1.54) is 83.5 Å². The van der Waals surface area contributed by atoms with Crippen LogP contribution in [0.3, 0.4) is 0 Å². The van der Waals surface area contributed by atoms with Crippen molar-refractivity contribution in [1.29, 1.82) is 0 Å². The lowest BCUT2D eigenvalue weighted by Gasteiger charge is -1.98. The first-order chi connectivity index (χ1) is 10.3. The van der Waals surface area contributed by atoms with Crippen molar-refractivity contribution in [3.63, 3.8) is 0 Å². The largest absolute Gasteiger partial charge is 0.373 e. The summed E-state index contributed by atoms with van der Waals surface area (Å²) in [5, 5.41) is 0. The third-order valence-electron chi connectivity index (χ3n) is 3.85. The lowest BCUT2D eigenvalue weighted by atomic mass is 10.1. The number of hydrogen-bond acceptors (Lipinski definition) is 1. The van der Waals surface area contributed by atoms with Crippen LogP contribution in [0.5, 0.6) is 0 Å². The number of allylic oxidation sites excluding steroid dienone is 2. The molecule has 0 amide bonds. The van der Waals surface area contributed by atoms with E-state index < -0.39 is 0 Å². The Balaban J connectivity index is 0.000000400. The third kappa shape index (κ3) is 19.4. The lowest BCUT2D eigenvalue weighted by molar-refractivity contribution is 0.387. The Kier molecular flexibility index (Phi) is 17.0. The third-order valence-corrected chi connectivity index (χ3v) is 3.85. The Morgan fingerprint density at radius 2 is 1.29 bits per heavy atom. The summed E-state index contributed by atoms with van der Waals surface area (Å²) in [6.07, 6.45) is 22.0. The van der Waals surface area contributed by atoms with E-state index in [2.05, 4.69) is 20.1 Å². The predicted molar refractivity (Wildman–Crippen MR) is 95.8 cm³/mol. The van der Waals surface area contributed by atoms with Gasteiger partial charge in [-0.05, 0) is 32.1 Å². The van der Waals surface area contributed by atoms with Gasteiger partial charge in [-0.3, -0.25) is 0 Å². The van der Waals surface area contributed by atoms with Gasteiger partial charge in [-0.15, -0.1) is 13.2 Å². The maximum atomic E-state index is 5.14. The van der Waals surface area contributed by atoms with Gasteiger partial charge in [0.25, 0.3) is 0 Å². The summed E-state index contributed by atoms with van der Waals surface area (Å²) in [5.74, 6) is 0. The van der Waals surface area contributed by atoms with Crippen molar-refractivity contribution in [3.8, 4) is 0 Å². The lowest BCUT2D eigenvalue weighted by Crippen LogP contribution is -1.85. The minimum Gasteiger partial charge on any atom is -0.373 e. The Morgan fingerprint density at radius 3 is 1.76 bits per heavy atom. The molecule has 21 heavy (non-hydrogen) atoms. The highest BCUT2D eigenvalue weighted by atomic mass is 16.6. The highest BCUT2D eigenvalue weighted by Crippen LogP contribution is 2.17. The van der Waals surface area contributed by atoms with Gasteiger partial charge in [-0.25, -0.2) is 0 Å². The van der Waals surface area contributed by atoms with E-state index in [1.807, 2.05) is 12.2 Å². The summed E-state index contributed by atoms with van der Waals surface area (Å²) < 4.78 is 5.14. The summed E-state index contributed by atoms with van der Waals surface area (Å²) in [7, 11) is 0. The summed E-state index contributed by atoms with van der Waals surface area (Å²) in [4.78, 5) is 0. The Morgan fingerprint density at radius 1 is 0.810 bits per heavy atom. The molecule has 1 nitrogen and oxygen atoms in total. The van der Waals surface area contributed by atoms with Crippen molar-refractivity contribution in [1.82, 2.24) is 0 Å². The molecule has 0 saturated carbocycles. The fraction of sp³-hybridized carbons (Fsp3) is 0.800. The van der Waals surface area contributed by atoms with Crippen LogP contribution in [0.15, 0.2) is 25.3 Å². The molecule has 1 heterocycles. The van der Waals surface area contributed by atoms with Crippen molar-refractivity contribution in [2.75, 3.05) is 6.61 Å². The van der Waals surface area contributed by atoms with E-state index in [-0.39, 0.29) is 0 Å². The van der Waals surface area contributed by atoms with Crippen LogP contribution in [-0.2, 0) is 4.74 Å². The van der Waals surface area contributed by atoms with E-state index in [4.69, 9.17) is 4.74 Å². The van der Waals surface area contributed by atoms with Gasteiger partial charge in [0, 0.05) is 0 Å².